The predicted molar refractivity (Wildman–Crippen MR) is 131 cm³/mol. The first-order valence-electron chi connectivity index (χ1n) is 11.6. The maximum atomic E-state index is 13.1. The highest BCUT2D eigenvalue weighted by Crippen LogP contribution is 2.26. The number of carbonyl (C=O) groups excluding carboxylic acids is 3. The Morgan fingerprint density at radius 1 is 0.778 bits per heavy atom. The lowest BCUT2D eigenvalue weighted by Crippen LogP contribution is -2.44. The molecule has 0 aromatic heterocycles. The number of amides is 2. The van der Waals surface area contributed by atoms with Gasteiger partial charge in [-0.3, -0.25) is 4.79 Å². The van der Waals surface area contributed by atoms with Crippen LogP contribution in [-0.2, 0) is 43.7 Å². The lowest BCUT2D eigenvalue weighted by Gasteiger charge is -2.21. The first-order chi connectivity index (χ1) is 17.6. The highest BCUT2D eigenvalue weighted by atomic mass is 16.6. The molecule has 1 fully saturated rings. The largest absolute Gasteiger partial charge is 0.459 e. The van der Waals surface area contributed by atoms with Crippen LogP contribution >= 0.6 is 0 Å². The van der Waals surface area contributed by atoms with Crippen molar-refractivity contribution in [2.45, 2.75) is 32.3 Å². The third-order valence-electron chi connectivity index (χ3n) is 5.63. The van der Waals surface area contributed by atoms with E-state index >= 15 is 0 Å². The summed E-state index contributed by atoms with van der Waals surface area (Å²) in [5.74, 6) is -2.12. The van der Waals surface area contributed by atoms with E-state index in [9.17, 15) is 14.4 Å². The normalized spacial score (nSPS) is 17.2. The summed E-state index contributed by atoms with van der Waals surface area (Å²) in [6.07, 6.45) is 0.421. The van der Waals surface area contributed by atoms with Gasteiger partial charge in [0, 0.05) is 0 Å². The second-order valence-corrected chi connectivity index (χ2v) is 8.21. The van der Waals surface area contributed by atoms with Crippen LogP contribution in [0.4, 0.5) is 4.79 Å². The average molecular weight is 487 g/mol. The molecule has 8 nitrogen and oxygen atoms in total. The van der Waals surface area contributed by atoms with E-state index in [1.165, 1.54) is 6.21 Å². The summed E-state index contributed by atoms with van der Waals surface area (Å²) in [6.45, 7) is 0.216. The smallest absolute Gasteiger partial charge is 0.417 e. The molecule has 2 amide bonds. The molecule has 36 heavy (non-hydrogen) atoms. The molecule has 0 aliphatic carbocycles. The van der Waals surface area contributed by atoms with Gasteiger partial charge in [0.15, 0.2) is 0 Å². The Hall–Kier alpha value is -4.46. The third kappa shape index (κ3) is 6.56. The van der Waals surface area contributed by atoms with Crippen molar-refractivity contribution in [3.05, 3.63) is 108 Å². The summed E-state index contributed by atoms with van der Waals surface area (Å²) in [4.78, 5) is 45.0. The highest BCUT2D eigenvalue weighted by molar-refractivity contribution is 6.06. The minimum atomic E-state index is -1.13. The lowest BCUT2D eigenvalue weighted by molar-refractivity contribution is -0.152. The van der Waals surface area contributed by atoms with E-state index < -0.39 is 29.9 Å². The molecule has 1 aliphatic rings. The van der Waals surface area contributed by atoms with Gasteiger partial charge < -0.3 is 14.3 Å². The van der Waals surface area contributed by atoms with Crippen molar-refractivity contribution in [3.8, 4) is 0 Å². The third-order valence-corrected chi connectivity index (χ3v) is 5.63. The van der Waals surface area contributed by atoms with Crippen molar-refractivity contribution >= 4 is 24.2 Å². The minimum absolute atomic E-state index is 0.0189. The van der Waals surface area contributed by atoms with Crippen molar-refractivity contribution in [1.29, 1.82) is 0 Å². The zero-order valence-corrected chi connectivity index (χ0v) is 19.6. The van der Waals surface area contributed by atoms with Crippen LogP contribution in [0.5, 0.6) is 0 Å². The Morgan fingerprint density at radius 3 is 1.83 bits per heavy atom. The second-order valence-electron chi connectivity index (χ2n) is 8.21. The number of hydrogen-bond donors (Lipinski definition) is 0. The zero-order valence-electron chi connectivity index (χ0n) is 19.6. The van der Waals surface area contributed by atoms with Gasteiger partial charge in [-0.25, -0.2) is 14.5 Å². The van der Waals surface area contributed by atoms with E-state index in [0.29, 0.717) is 0 Å². The summed E-state index contributed by atoms with van der Waals surface area (Å²) >= 11 is 0. The number of ether oxygens (including phenoxy) is 2. The van der Waals surface area contributed by atoms with Crippen LogP contribution in [0.1, 0.15) is 23.1 Å². The molecular weight excluding hydrogens is 460 g/mol. The Balaban J connectivity index is 1.42. The molecule has 1 heterocycles. The molecule has 2 atom stereocenters. The fraction of sp³-hybridized carbons (Fsp3) is 0.214. The fourth-order valence-corrected chi connectivity index (χ4v) is 3.74. The Labute approximate surface area is 209 Å². The number of oxime groups is 1. The molecule has 0 saturated carbocycles. The van der Waals surface area contributed by atoms with E-state index in [2.05, 4.69) is 5.16 Å². The van der Waals surface area contributed by atoms with Gasteiger partial charge in [-0.05, 0) is 23.1 Å². The number of benzene rings is 3. The number of nitrogens with zero attached hydrogens (tertiary/aromatic N) is 2. The molecule has 8 heteroatoms. The predicted octanol–water partition coefficient (Wildman–Crippen LogP) is 4.49. The van der Waals surface area contributed by atoms with Crippen LogP contribution in [0.2, 0.25) is 0 Å². The van der Waals surface area contributed by atoms with Crippen molar-refractivity contribution in [2.24, 2.45) is 11.1 Å². The molecule has 184 valence electrons. The average Bonchev–Trinajstić information content (AvgIpc) is 3.26. The molecule has 4 rings (SSSR count). The van der Waals surface area contributed by atoms with E-state index in [-0.39, 0.29) is 26.2 Å². The summed E-state index contributed by atoms with van der Waals surface area (Å²) in [5.41, 5.74) is 2.47. The van der Waals surface area contributed by atoms with Crippen LogP contribution in [0.3, 0.4) is 0 Å². The van der Waals surface area contributed by atoms with Gasteiger partial charge in [0.25, 0.3) is 0 Å². The van der Waals surface area contributed by atoms with Crippen molar-refractivity contribution < 1.29 is 28.7 Å². The molecule has 3 aromatic rings. The zero-order chi connectivity index (χ0) is 25.2. The van der Waals surface area contributed by atoms with E-state index in [1.54, 1.807) is 12.1 Å². The van der Waals surface area contributed by atoms with Gasteiger partial charge in [-0.1, -0.05) is 96.2 Å². The molecule has 0 bridgehead atoms. The number of hydrogen-bond acceptors (Lipinski definition) is 7. The van der Waals surface area contributed by atoms with Crippen molar-refractivity contribution in [2.75, 3.05) is 0 Å². The van der Waals surface area contributed by atoms with E-state index in [0.717, 1.165) is 21.6 Å². The first kappa shape index (κ1) is 24.7. The van der Waals surface area contributed by atoms with E-state index in [1.807, 2.05) is 78.9 Å². The maximum absolute atomic E-state index is 13.1. The van der Waals surface area contributed by atoms with Gasteiger partial charge in [0.05, 0.1) is 12.1 Å². The molecule has 0 spiro atoms. The Kier molecular flexibility index (Phi) is 8.43. The number of esters is 1. The Bertz CT molecular complexity index is 1180. The summed E-state index contributed by atoms with van der Waals surface area (Å²) in [7, 11) is 0. The SMILES string of the molecule is O=C(OCc1ccccc1)[C@@H]1C[C@H](/C=N/OCc2ccccc2)C(=O)N1C(=O)OCc1ccccc1. The topological polar surface area (TPSA) is 94.5 Å². The number of carbonyl (C=O) groups is 3. The van der Waals surface area contributed by atoms with Gasteiger partial charge in [-0.15, -0.1) is 0 Å². The fourth-order valence-electron chi connectivity index (χ4n) is 3.74. The molecule has 0 radical (unpaired) electrons. The van der Waals surface area contributed by atoms with Gasteiger partial charge in [-0.2, -0.15) is 0 Å². The monoisotopic (exact) mass is 486 g/mol. The molecule has 0 unspecified atom stereocenters. The van der Waals surface area contributed by atoms with Crippen LogP contribution in [-0.4, -0.2) is 35.1 Å². The lowest BCUT2D eigenvalue weighted by atomic mass is 10.1. The number of rotatable bonds is 9. The van der Waals surface area contributed by atoms with Gasteiger partial charge in [0.1, 0.15) is 25.9 Å². The quantitative estimate of drug-likeness (QED) is 0.251. The Morgan fingerprint density at radius 2 is 1.28 bits per heavy atom. The summed E-state index contributed by atoms with van der Waals surface area (Å²) in [6, 6.07) is 26.5. The van der Waals surface area contributed by atoms with Crippen LogP contribution in [0, 0.1) is 5.92 Å². The van der Waals surface area contributed by atoms with E-state index in [4.69, 9.17) is 14.3 Å². The molecular formula is C28H26N2O6. The second kappa shape index (κ2) is 12.3. The minimum Gasteiger partial charge on any atom is -0.459 e. The van der Waals surface area contributed by atoms with Crippen molar-refractivity contribution in [3.63, 3.8) is 0 Å². The highest BCUT2D eigenvalue weighted by Gasteiger charge is 2.48. The maximum Gasteiger partial charge on any atom is 0.417 e. The van der Waals surface area contributed by atoms with Gasteiger partial charge >= 0.3 is 12.1 Å². The number of likely N-dealkylation sites (tertiary alicyclic amines) is 1. The standard InChI is InChI=1S/C28H26N2O6/c31-26-24(17-29-36-20-23-14-8-3-9-15-23)16-25(27(32)34-18-21-10-4-1-5-11-21)30(26)28(33)35-19-22-12-6-2-7-13-22/h1-15,17,24-25H,16,18-20H2/b29-17+/t24-,25+/m1/s1. The molecule has 1 aliphatic heterocycles. The first-order valence-corrected chi connectivity index (χ1v) is 11.6. The summed E-state index contributed by atoms with van der Waals surface area (Å²) < 4.78 is 10.8. The summed E-state index contributed by atoms with van der Waals surface area (Å²) in [5, 5.41) is 3.90. The molecule has 3 aromatic carbocycles. The number of imide groups is 1. The van der Waals surface area contributed by atoms with Gasteiger partial charge in [0.2, 0.25) is 5.91 Å². The molecule has 0 N–H and O–H groups in total. The van der Waals surface area contributed by atoms with Crippen LogP contribution in [0.15, 0.2) is 96.2 Å². The van der Waals surface area contributed by atoms with Crippen LogP contribution in [0.25, 0.3) is 0 Å². The van der Waals surface area contributed by atoms with Crippen molar-refractivity contribution in [1.82, 2.24) is 4.90 Å². The van der Waals surface area contributed by atoms with Crippen LogP contribution < -0.4 is 0 Å². The molecule has 1 saturated heterocycles.